The van der Waals surface area contributed by atoms with E-state index in [9.17, 15) is 8.42 Å². The number of hydrogen-bond donors (Lipinski definition) is 1. The molecule has 0 spiro atoms. The number of thiophene rings is 1. The lowest BCUT2D eigenvalue weighted by molar-refractivity contribution is 0.289. The summed E-state index contributed by atoms with van der Waals surface area (Å²) in [4.78, 5) is 0. The van der Waals surface area contributed by atoms with Crippen LogP contribution in [0.1, 0.15) is 25.3 Å². The molecule has 1 aromatic rings. The summed E-state index contributed by atoms with van der Waals surface area (Å²) in [6.45, 7) is 3.89. The lowest BCUT2D eigenvalue weighted by atomic mass is 10.1. The summed E-state index contributed by atoms with van der Waals surface area (Å²) in [7, 11) is -3.00. The van der Waals surface area contributed by atoms with Crippen molar-refractivity contribution in [2.45, 2.75) is 32.4 Å². The van der Waals surface area contributed by atoms with E-state index in [1.54, 1.807) is 22.6 Å². The molecule has 1 saturated heterocycles. The second kappa shape index (κ2) is 6.14. The predicted octanol–water partition coefficient (Wildman–Crippen LogP) is 1.65. The molecule has 4 nitrogen and oxygen atoms in total. The number of sulfonamides is 1. The number of nitrogens with zero attached hydrogens (tertiary/aromatic N) is 1. The summed E-state index contributed by atoms with van der Waals surface area (Å²) in [5, 5.41) is 7.72. The van der Waals surface area contributed by atoms with Crippen LogP contribution in [-0.4, -0.2) is 37.6 Å². The lowest BCUT2D eigenvalue weighted by Gasteiger charge is -2.31. The Balaban J connectivity index is 1.77. The molecule has 18 heavy (non-hydrogen) atoms. The Hall–Kier alpha value is -0.430. The van der Waals surface area contributed by atoms with Crippen molar-refractivity contribution in [1.82, 2.24) is 9.62 Å². The molecule has 2 heterocycles. The van der Waals surface area contributed by atoms with Gasteiger partial charge in [0.2, 0.25) is 10.0 Å². The Morgan fingerprint density at radius 1 is 1.44 bits per heavy atom. The van der Waals surface area contributed by atoms with Crippen molar-refractivity contribution < 1.29 is 8.42 Å². The molecule has 1 fully saturated rings. The van der Waals surface area contributed by atoms with Crippen LogP contribution in [0.2, 0.25) is 0 Å². The monoisotopic (exact) mass is 288 g/mol. The fourth-order valence-electron chi connectivity index (χ4n) is 2.18. The molecular weight excluding hydrogens is 268 g/mol. The Morgan fingerprint density at radius 3 is 2.72 bits per heavy atom. The zero-order valence-electron chi connectivity index (χ0n) is 10.6. The van der Waals surface area contributed by atoms with Crippen molar-refractivity contribution in [3.05, 3.63) is 22.4 Å². The van der Waals surface area contributed by atoms with Crippen LogP contribution in [0.25, 0.3) is 0 Å². The maximum Gasteiger partial charge on any atom is 0.213 e. The molecule has 102 valence electrons. The largest absolute Gasteiger partial charge is 0.310 e. The van der Waals surface area contributed by atoms with E-state index in [0.717, 1.165) is 19.4 Å². The third-order valence-corrected chi connectivity index (χ3v) is 6.00. The number of hydrogen-bond acceptors (Lipinski definition) is 4. The van der Waals surface area contributed by atoms with E-state index in [-0.39, 0.29) is 5.75 Å². The third-order valence-electron chi connectivity index (χ3n) is 3.39. The molecule has 1 aliphatic heterocycles. The number of piperidine rings is 1. The molecule has 0 unspecified atom stereocenters. The van der Waals surface area contributed by atoms with E-state index in [2.05, 4.69) is 22.1 Å². The normalized spacial score (nSPS) is 19.2. The van der Waals surface area contributed by atoms with Gasteiger partial charge in [-0.1, -0.05) is 0 Å². The summed E-state index contributed by atoms with van der Waals surface area (Å²) < 4.78 is 25.0. The number of rotatable bonds is 5. The minimum absolute atomic E-state index is 0.208. The molecule has 0 saturated carbocycles. The summed E-state index contributed by atoms with van der Waals surface area (Å²) in [6.07, 6.45) is 1.81. The maximum absolute atomic E-state index is 11.7. The van der Waals surface area contributed by atoms with Crippen LogP contribution in [0.3, 0.4) is 0 Å². The second-order valence-corrected chi connectivity index (χ2v) is 7.62. The first kappa shape index (κ1) is 14.0. The van der Waals surface area contributed by atoms with E-state index in [4.69, 9.17) is 0 Å². The fourth-order valence-corrected chi connectivity index (χ4v) is 3.98. The van der Waals surface area contributed by atoms with Crippen molar-refractivity contribution in [2.24, 2.45) is 0 Å². The quantitative estimate of drug-likeness (QED) is 0.896. The Bertz CT molecular complexity index is 448. The van der Waals surface area contributed by atoms with Crippen molar-refractivity contribution in [3.63, 3.8) is 0 Å². The van der Waals surface area contributed by atoms with Crippen LogP contribution in [0, 0.1) is 0 Å². The Morgan fingerprint density at radius 2 is 2.17 bits per heavy atom. The summed E-state index contributed by atoms with van der Waals surface area (Å²) in [5.74, 6) is 0.208. The van der Waals surface area contributed by atoms with E-state index in [1.165, 1.54) is 5.56 Å². The third kappa shape index (κ3) is 3.54. The van der Waals surface area contributed by atoms with Gasteiger partial charge in [0.1, 0.15) is 0 Å². The second-order valence-electron chi connectivity index (χ2n) is 4.59. The van der Waals surface area contributed by atoms with Gasteiger partial charge in [0.05, 0.1) is 5.75 Å². The molecule has 1 aromatic heterocycles. The van der Waals surface area contributed by atoms with Crippen LogP contribution in [0.4, 0.5) is 0 Å². The van der Waals surface area contributed by atoms with Crippen molar-refractivity contribution in [1.29, 1.82) is 0 Å². The molecular formula is C12H20N2O2S2. The zero-order valence-corrected chi connectivity index (χ0v) is 12.3. The Labute approximate surface area is 113 Å². The molecule has 0 aliphatic carbocycles. The summed E-state index contributed by atoms with van der Waals surface area (Å²) in [5.41, 5.74) is 1.31. The molecule has 2 rings (SSSR count). The van der Waals surface area contributed by atoms with Gasteiger partial charge in [-0.15, -0.1) is 0 Å². The minimum Gasteiger partial charge on any atom is -0.310 e. The van der Waals surface area contributed by atoms with Crippen LogP contribution in [0.5, 0.6) is 0 Å². The van der Waals surface area contributed by atoms with Gasteiger partial charge < -0.3 is 5.32 Å². The van der Waals surface area contributed by atoms with E-state index in [0.29, 0.717) is 19.1 Å². The highest BCUT2D eigenvalue weighted by Crippen LogP contribution is 2.15. The highest BCUT2D eigenvalue weighted by atomic mass is 32.2. The maximum atomic E-state index is 11.7. The average molecular weight is 288 g/mol. The smallest absolute Gasteiger partial charge is 0.213 e. The molecule has 0 aromatic carbocycles. The zero-order chi connectivity index (χ0) is 13.0. The molecule has 6 heteroatoms. The van der Waals surface area contributed by atoms with E-state index in [1.807, 2.05) is 0 Å². The first-order valence-electron chi connectivity index (χ1n) is 6.34. The topological polar surface area (TPSA) is 49.4 Å². The van der Waals surface area contributed by atoms with Crippen LogP contribution in [0.15, 0.2) is 16.8 Å². The van der Waals surface area contributed by atoms with E-state index < -0.39 is 10.0 Å². The molecule has 0 atom stereocenters. The van der Waals surface area contributed by atoms with Gasteiger partial charge in [-0.25, -0.2) is 12.7 Å². The highest BCUT2D eigenvalue weighted by Gasteiger charge is 2.26. The van der Waals surface area contributed by atoms with Crippen molar-refractivity contribution >= 4 is 21.4 Å². The minimum atomic E-state index is -3.00. The molecule has 0 bridgehead atoms. The van der Waals surface area contributed by atoms with Gasteiger partial charge in [0.15, 0.2) is 0 Å². The summed E-state index contributed by atoms with van der Waals surface area (Å²) >= 11 is 1.71. The fraction of sp³-hybridized carbons (Fsp3) is 0.667. The highest BCUT2D eigenvalue weighted by molar-refractivity contribution is 7.89. The molecule has 0 amide bonds. The molecule has 1 N–H and O–H groups in total. The van der Waals surface area contributed by atoms with Gasteiger partial charge in [0, 0.05) is 25.7 Å². The first-order chi connectivity index (χ1) is 8.62. The Kier molecular flexibility index (Phi) is 4.77. The van der Waals surface area contributed by atoms with Gasteiger partial charge in [-0.05, 0) is 42.2 Å². The predicted molar refractivity (Wildman–Crippen MR) is 75.2 cm³/mol. The SMILES string of the molecule is CCS(=O)(=O)N1CCC(NCc2ccsc2)CC1. The van der Waals surface area contributed by atoms with Gasteiger partial charge in [-0.2, -0.15) is 11.3 Å². The number of nitrogens with one attached hydrogen (secondary N) is 1. The lowest BCUT2D eigenvalue weighted by Crippen LogP contribution is -2.45. The van der Waals surface area contributed by atoms with Crippen molar-refractivity contribution in [2.75, 3.05) is 18.8 Å². The van der Waals surface area contributed by atoms with Crippen LogP contribution in [-0.2, 0) is 16.6 Å². The van der Waals surface area contributed by atoms with Crippen LogP contribution >= 0.6 is 11.3 Å². The van der Waals surface area contributed by atoms with Crippen molar-refractivity contribution in [3.8, 4) is 0 Å². The standard InChI is InChI=1S/C12H20N2O2S2/c1-2-18(15,16)14-6-3-12(4-7-14)13-9-11-5-8-17-10-11/h5,8,10,12-13H,2-4,6-7,9H2,1H3. The molecule has 0 radical (unpaired) electrons. The van der Waals surface area contributed by atoms with Gasteiger partial charge in [0.25, 0.3) is 0 Å². The van der Waals surface area contributed by atoms with E-state index >= 15 is 0 Å². The average Bonchev–Trinajstić information content (AvgIpc) is 2.90. The first-order valence-corrected chi connectivity index (χ1v) is 8.89. The van der Waals surface area contributed by atoms with Gasteiger partial charge >= 0.3 is 0 Å². The summed E-state index contributed by atoms with van der Waals surface area (Å²) in [6, 6.07) is 2.56. The van der Waals surface area contributed by atoms with Gasteiger partial charge in [-0.3, -0.25) is 0 Å². The molecule has 1 aliphatic rings. The van der Waals surface area contributed by atoms with Crippen LogP contribution < -0.4 is 5.32 Å².